The number of thioether (sulfide) groups is 1. The summed E-state index contributed by atoms with van der Waals surface area (Å²) >= 11 is 14.1. The van der Waals surface area contributed by atoms with Crippen LogP contribution < -0.4 is 10.6 Å². The molecule has 0 atom stereocenters. The fourth-order valence-corrected chi connectivity index (χ4v) is 4.90. The fourth-order valence-electron chi connectivity index (χ4n) is 3.72. The maximum atomic E-state index is 12.6. The predicted molar refractivity (Wildman–Crippen MR) is 140 cm³/mol. The minimum absolute atomic E-state index is 0.0703. The van der Waals surface area contributed by atoms with Crippen LogP contribution in [0.4, 0.5) is 5.69 Å². The van der Waals surface area contributed by atoms with Crippen molar-refractivity contribution < 1.29 is 14.7 Å². The summed E-state index contributed by atoms with van der Waals surface area (Å²) in [7, 11) is 0. The van der Waals surface area contributed by atoms with E-state index in [1.54, 1.807) is 12.1 Å². The lowest BCUT2D eigenvalue weighted by Gasteiger charge is -2.26. The number of halogens is 2. The number of nitrogens with one attached hydrogen (secondary N) is 2. The zero-order chi connectivity index (χ0) is 25.9. The van der Waals surface area contributed by atoms with E-state index < -0.39 is 5.97 Å². The van der Waals surface area contributed by atoms with E-state index in [1.807, 2.05) is 38.1 Å². The van der Waals surface area contributed by atoms with Crippen molar-refractivity contribution in [3.05, 3.63) is 57.6 Å². The largest absolute Gasteiger partial charge is 0.480 e. The van der Waals surface area contributed by atoms with E-state index >= 15 is 0 Å². The smallest absolute Gasteiger partial charge is 0.317 e. The number of hydrogen-bond donors (Lipinski definition) is 3. The molecular formula is C24H26Cl2N6O3S. The average Bonchev–Trinajstić information content (AvgIpc) is 3.57. The monoisotopic (exact) mass is 548 g/mol. The van der Waals surface area contributed by atoms with Crippen molar-refractivity contribution in [3.8, 4) is 5.69 Å². The fraction of sp³-hybridized carbons (Fsp3) is 0.375. The van der Waals surface area contributed by atoms with Crippen LogP contribution in [0.25, 0.3) is 5.69 Å². The summed E-state index contributed by atoms with van der Waals surface area (Å²) in [6.07, 6.45) is 2.37. The Morgan fingerprint density at radius 2 is 1.94 bits per heavy atom. The highest BCUT2D eigenvalue weighted by molar-refractivity contribution is 7.99. The third kappa shape index (κ3) is 6.56. The molecule has 1 fully saturated rings. The highest BCUT2D eigenvalue weighted by atomic mass is 35.5. The number of aromatic nitrogens is 4. The van der Waals surface area contributed by atoms with Gasteiger partial charge in [0.15, 0.2) is 0 Å². The van der Waals surface area contributed by atoms with E-state index in [1.165, 1.54) is 34.8 Å². The third-order valence-corrected chi connectivity index (χ3v) is 7.42. The molecule has 0 spiro atoms. The Morgan fingerprint density at radius 3 is 2.61 bits per heavy atom. The molecule has 1 heterocycles. The molecule has 190 valence electrons. The number of benzene rings is 2. The summed E-state index contributed by atoms with van der Waals surface area (Å²) in [5, 5.41) is 27.8. The van der Waals surface area contributed by atoms with Crippen LogP contribution in [0.2, 0.25) is 10.0 Å². The van der Waals surface area contributed by atoms with Gasteiger partial charge in [-0.3, -0.25) is 9.59 Å². The predicted octanol–water partition coefficient (Wildman–Crippen LogP) is 4.53. The van der Waals surface area contributed by atoms with Crippen molar-refractivity contribution in [3.63, 3.8) is 0 Å². The van der Waals surface area contributed by atoms with Crippen LogP contribution in [-0.4, -0.2) is 56.0 Å². The first-order chi connectivity index (χ1) is 17.1. The lowest BCUT2D eigenvalue weighted by Crippen LogP contribution is -2.35. The molecule has 12 heteroatoms. The number of carboxylic acid groups (broad SMARTS) is 1. The summed E-state index contributed by atoms with van der Waals surface area (Å²) < 4.78 is 1.53. The van der Waals surface area contributed by atoms with Crippen molar-refractivity contribution in [2.45, 2.75) is 43.2 Å². The molecule has 0 saturated heterocycles. The van der Waals surface area contributed by atoms with Crippen LogP contribution in [0.3, 0.4) is 0 Å². The second-order valence-corrected chi connectivity index (χ2v) is 11.0. The van der Waals surface area contributed by atoms with Crippen LogP contribution in [0.1, 0.15) is 43.7 Å². The normalized spacial score (nSPS) is 13.6. The highest BCUT2D eigenvalue weighted by Gasteiger charge is 2.25. The van der Waals surface area contributed by atoms with Gasteiger partial charge in [-0.05, 0) is 64.6 Å². The van der Waals surface area contributed by atoms with Gasteiger partial charge in [-0.1, -0.05) is 60.9 Å². The van der Waals surface area contributed by atoms with Crippen molar-refractivity contribution in [2.75, 3.05) is 24.2 Å². The first kappa shape index (κ1) is 26.4. The van der Waals surface area contributed by atoms with Gasteiger partial charge in [0, 0.05) is 12.0 Å². The highest BCUT2D eigenvalue weighted by Crippen LogP contribution is 2.41. The first-order valence-corrected chi connectivity index (χ1v) is 13.1. The van der Waals surface area contributed by atoms with Gasteiger partial charge in [0.25, 0.3) is 0 Å². The van der Waals surface area contributed by atoms with Gasteiger partial charge in [-0.2, -0.15) is 4.68 Å². The Morgan fingerprint density at radius 1 is 1.17 bits per heavy atom. The number of carboxylic acids is 1. The van der Waals surface area contributed by atoms with Crippen molar-refractivity contribution in [2.24, 2.45) is 0 Å². The second kappa shape index (κ2) is 11.2. The zero-order valence-corrected chi connectivity index (χ0v) is 22.1. The number of rotatable bonds is 11. The van der Waals surface area contributed by atoms with E-state index in [4.69, 9.17) is 28.3 Å². The van der Waals surface area contributed by atoms with Gasteiger partial charge >= 0.3 is 5.97 Å². The molecule has 9 nitrogen and oxygen atoms in total. The molecule has 0 radical (unpaired) electrons. The molecule has 3 aromatic rings. The molecule has 0 aliphatic heterocycles. The Hall–Kier alpha value is -2.66. The molecular weight excluding hydrogens is 523 g/mol. The number of carbonyl (C=O) groups is 2. The molecule has 36 heavy (non-hydrogen) atoms. The minimum Gasteiger partial charge on any atom is -0.480 e. The maximum absolute atomic E-state index is 12.6. The quantitative estimate of drug-likeness (QED) is 0.299. The molecule has 1 aliphatic carbocycles. The molecule has 0 bridgehead atoms. The summed E-state index contributed by atoms with van der Waals surface area (Å²) in [4.78, 5) is 23.4. The topological polar surface area (TPSA) is 122 Å². The second-order valence-electron chi connectivity index (χ2n) is 9.27. The number of nitrogens with zero attached hydrogens (tertiary/aromatic N) is 4. The number of tetrazole rings is 1. The minimum atomic E-state index is -0.914. The standard InChI is InChI=1S/C24H26Cl2N6O3S/c1-24(2,13-27-11-22(34)35)16-6-7-19(17(25)10-16)28-21(33)12-36-23-29-30-31-32(23)20-8-5-15(9-18(20)26)14-3-4-14/h5-10,14,27H,3-4,11-13H2,1-2H3,(H,28,33)(H,34,35). The Bertz CT molecular complexity index is 1280. The molecule has 4 rings (SSSR count). The number of anilines is 1. The molecule has 1 aromatic heterocycles. The third-order valence-electron chi connectivity index (χ3n) is 5.89. The lowest BCUT2D eigenvalue weighted by atomic mass is 9.84. The van der Waals surface area contributed by atoms with Crippen LogP contribution in [0, 0.1) is 0 Å². The zero-order valence-electron chi connectivity index (χ0n) is 19.8. The van der Waals surface area contributed by atoms with E-state index in [-0.39, 0.29) is 23.6 Å². The van der Waals surface area contributed by atoms with Crippen molar-refractivity contribution >= 4 is 52.5 Å². The van der Waals surface area contributed by atoms with Gasteiger partial charge in [0.05, 0.1) is 33.7 Å². The van der Waals surface area contributed by atoms with Crippen LogP contribution in [0.5, 0.6) is 0 Å². The molecule has 1 amide bonds. The Balaban J connectivity index is 1.36. The van der Waals surface area contributed by atoms with Crippen molar-refractivity contribution in [1.29, 1.82) is 0 Å². The lowest BCUT2D eigenvalue weighted by molar-refractivity contribution is -0.136. The van der Waals surface area contributed by atoms with E-state index in [9.17, 15) is 9.59 Å². The summed E-state index contributed by atoms with van der Waals surface area (Å²) in [6, 6.07) is 11.3. The molecule has 1 saturated carbocycles. The number of amides is 1. The molecule has 2 aromatic carbocycles. The van der Waals surface area contributed by atoms with Crippen LogP contribution in [0.15, 0.2) is 41.6 Å². The molecule has 1 aliphatic rings. The van der Waals surface area contributed by atoms with E-state index in [2.05, 4.69) is 26.2 Å². The molecule has 3 N–H and O–H groups in total. The van der Waals surface area contributed by atoms with Crippen molar-refractivity contribution in [1.82, 2.24) is 25.5 Å². The van der Waals surface area contributed by atoms with E-state index in [0.717, 1.165) is 5.56 Å². The van der Waals surface area contributed by atoms with Gasteiger partial charge in [-0.25, -0.2) is 0 Å². The van der Waals surface area contributed by atoms with Crippen LogP contribution in [-0.2, 0) is 15.0 Å². The van der Waals surface area contributed by atoms with Gasteiger partial charge in [0.1, 0.15) is 0 Å². The Labute approximate surface area is 222 Å². The Kier molecular flexibility index (Phi) is 8.19. The van der Waals surface area contributed by atoms with Gasteiger partial charge in [-0.15, -0.1) is 5.10 Å². The number of carbonyl (C=O) groups excluding carboxylic acids is 1. The summed E-state index contributed by atoms with van der Waals surface area (Å²) in [5.74, 6) is -0.519. The number of hydrogen-bond acceptors (Lipinski definition) is 7. The SMILES string of the molecule is CC(C)(CNCC(=O)O)c1ccc(NC(=O)CSc2nnnn2-c2ccc(C3CC3)cc2Cl)c(Cl)c1. The number of aliphatic carboxylic acids is 1. The van der Waals surface area contributed by atoms with Gasteiger partial charge < -0.3 is 15.7 Å². The summed E-state index contributed by atoms with van der Waals surface area (Å²) in [5.41, 5.74) is 2.92. The average molecular weight is 549 g/mol. The molecule has 0 unspecified atom stereocenters. The summed E-state index contributed by atoms with van der Waals surface area (Å²) in [6.45, 7) is 4.31. The van der Waals surface area contributed by atoms with Gasteiger partial charge in [0.2, 0.25) is 11.1 Å². The van der Waals surface area contributed by atoms with E-state index in [0.29, 0.717) is 39.0 Å². The van der Waals surface area contributed by atoms with Crippen LogP contribution >= 0.6 is 35.0 Å². The first-order valence-electron chi connectivity index (χ1n) is 11.4. The maximum Gasteiger partial charge on any atom is 0.317 e.